The van der Waals surface area contributed by atoms with E-state index in [0.717, 1.165) is 47.1 Å². The van der Waals surface area contributed by atoms with Crippen LogP contribution in [0.25, 0.3) is 33.0 Å². The molecule has 1 heterocycles. The van der Waals surface area contributed by atoms with Crippen molar-refractivity contribution in [2.45, 2.75) is 31.0 Å². The summed E-state index contributed by atoms with van der Waals surface area (Å²) >= 11 is 0. The van der Waals surface area contributed by atoms with Crippen molar-refractivity contribution in [3.05, 3.63) is 95.6 Å². The number of carbonyl (C=O) groups excluding carboxylic acids is 3. The molecule has 6 rings (SSSR count). The number of halogens is 3. The zero-order valence-electron chi connectivity index (χ0n) is 23.6. The molecule has 1 N–H and O–H groups in total. The number of carbonyl (C=O) groups is 3. The van der Waals surface area contributed by atoms with Crippen molar-refractivity contribution in [1.29, 1.82) is 0 Å². The molecule has 0 spiro atoms. The first-order chi connectivity index (χ1) is 20.5. The molecule has 220 valence electrons. The normalized spacial score (nSPS) is 19.4. The molecule has 9 heteroatoms. The molecule has 3 atom stereocenters. The lowest BCUT2D eigenvalue weighted by molar-refractivity contribution is -0.137. The highest BCUT2D eigenvalue weighted by Gasteiger charge is 2.45. The number of likely N-dealkylation sites (N-methyl/N-ethyl adjacent to an activating group) is 1. The van der Waals surface area contributed by atoms with Crippen molar-refractivity contribution < 1.29 is 32.3 Å². The summed E-state index contributed by atoms with van der Waals surface area (Å²) in [7, 11) is 3.14. The fraction of sp³-hybridized carbons (Fsp3) is 0.265. The second-order valence-electron chi connectivity index (χ2n) is 11.4. The second-order valence-corrected chi connectivity index (χ2v) is 11.4. The Kier molecular flexibility index (Phi) is 7.20. The maximum atomic E-state index is 13.1. The number of amides is 2. The Hall–Kier alpha value is -4.66. The van der Waals surface area contributed by atoms with Gasteiger partial charge in [-0.2, -0.15) is 13.2 Å². The summed E-state index contributed by atoms with van der Waals surface area (Å²) in [5, 5.41) is 4.61. The smallest absolute Gasteiger partial charge is 0.416 e. The van der Waals surface area contributed by atoms with Crippen LogP contribution in [0.5, 0.6) is 0 Å². The Morgan fingerprint density at radius 3 is 2.16 bits per heavy atom. The summed E-state index contributed by atoms with van der Waals surface area (Å²) in [5.74, 6) is -0.551. The van der Waals surface area contributed by atoms with Gasteiger partial charge in [-0.25, -0.2) is 4.79 Å². The van der Waals surface area contributed by atoms with Gasteiger partial charge in [0.25, 0.3) is 5.91 Å². The average molecular weight is 587 g/mol. The zero-order valence-corrected chi connectivity index (χ0v) is 23.6. The van der Waals surface area contributed by atoms with E-state index in [0.29, 0.717) is 16.5 Å². The Morgan fingerprint density at radius 1 is 0.884 bits per heavy atom. The number of esters is 1. The van der Waals surface area contributed by atoms with E-state index < -0.39 is 24.3 Å². The van der Waals surface area contributed by atoms with Crippen LogP contribution in [0.1, 0.15) is 40.2 Å². The van der Waals surface area contributed by atoms with Gasteiger partial charge < -0.3 is 15.0 Å². The molecule has 6 nitrogen and oxygen atoms in total. The Balaban J connectivity index is 1.37. The van der Waals surface area contributed by atoms with Gasteiger partial charge in [0, 0.05) is 32.0 Å². The van der Waals surface area contributed by atoms with E-state index in [9.17, 15) is 27.6 Å². The fourth-order valence-corrected chi connectivity index (χ4v) is 6.09. The third-order valence-electron chi connectivity index (χ3n) is 8.47. The molecule has 1 aliphatic carbocycles. The summed E-state index contributed by atoms with van der Waals surface area (Å²) in [5.41, 5.74) is 3.59. The van der Waals surface area contributed by atoms with E-state index in [2.05, 4.69) is 17.4 Å². The van der Waals surface area contributed by atoms with Gasteiger partial charge in [0.2, 0.25) is 5.91 Å². The minimum absolute atomic E-state index is 0.0690. The Bertz CT molecular complexity index is 1730. The van der Waals surface area contributed by atoms with Crippen molar-refractivity contribution in [3.8, 4) is 22.3 Å². The molecule has 43 heavy (non-hydrogen) atoms. The SMILES string of the molecule is CN(C)C(=O)COC(=O)c1cc(-c2ccc([C@@H]3C[C@@H]4C[C@H]3NC4=O)cc2)c2ccc(-c3ccc(C(F)(F)F)cc3)cc2c1. The van der Waals surface area contributed by atoms with Crippen molar-refractivity contribution >= 4 is 28.6 Å². The van der Waals surface area contributed by atoms with E-state index in [1.165, 1.54) is 17.0 Å². The molecule has 2 aliphatic rings. The molecule has 2 amide bonds. The quantitative estimate of drug-likeness (QED) is 0.264. The highest BCUT2D eigenvalue weighted by atomic mass is 19.4. The zero-order chi connectivity index (χ0) is 30.5. The van der Waals surface area contributed by atoms with Gasteiger partial charge >= 0.3 is 12.1 Å². The minimum Gasteiger partial charge on any atom is -0.452 e. The minimum atomic E-state index is -4.43. The highest BCUT2D eigenvalue weighted by Crippen LogP contribution is 2.43. The second kappa shape index (κ2) is 10.9. The first kappa shape index (κ1) is 28.5. The highest BCUT2D eigenvalue weighted by molar-refractivity contribution is 6.04. The molecule has 0 unspecified atom stereocenters. The first-order valence-corrected chi connectivity index (χ1v) is 14.0. The summed E-state index contributed by atoms with van der Waals surface area (Å²) in [6.07, 6.45) is -2.74. The molecule has 1 saturated carbocycles. The monoisotopic (exact) mass is 586 g/mol. The van der Waals surface area contributed by atoms with Crippen LogP contribution in [0.3, 0.4) is 0 Å². The van der Waals surface area contributed by atoms with Gasteiger partial charge in [-0.05, 0) is 81.8 Å². The number of hydrogen-bond acceptors (Lipinski definition) is 4. The lowest BCUT2D eigenvalue weighted by Crippen LogP contribution is -2.35. The van der Waals surface area contributed by atoms with Gasteiger partial charge in [0.05, 0.1) is 11.1 Å². The van der Waals surface area contributed by atoms with Crippen LogP contribution in [0.15, 0.2) is 78.9 Å². The van der Waals surface area contributed by atoms with Crippen LogP contribution in [-0.4, -0.2) is 49.4 Å². The number of alkyl halides is 3. The standard InChI is InChI=1S/C34H29F3N2O4/c1-39(2)31(40)18-43-33(42)25-14-23-13-22(19-7-10-26(11-8-19)34(35,36)37)9-12-27(23)28(16-25)20-3-5-21(6-4-20)29-15-24-17-30(29)38-32(24)41/h3-14,16,24,29-30H,15,17-18H2,1-2H3,(H,38,41)/t24-,29+,30-/m1/s1. The van der Waals surface area contributed by atoms with Crippen LogP contribution in [0, 0.1) is 5.92 Å². The van der Waals surface area contributed by atoms with Crippen LogP contribution in [-0.2, 0) is 20.5 Å². The van der Waals surface area contributed by atoms with Gasteiger partial charge in [-0.1, -0.05) is 48.5 Å². The maximum Gasteiger partial charge on any atom is 0.416 e. The average Bonchev–Trinajstić information content (AvgIpc) is 3.58. The summed E-state index contributed by atoms with van der Waals surface area (Å²) in [6, 6.07) is 22.1. The van der Waals surface area contributed by atoms with Crippen molar-refractivity contribution in [3.63, 3.8) is 0 Å². The van der Waals surface area contributed by atoms with Crippen LogP contribution in [0.2, 0.25) is 0 Å². The topological polar surface area (TPSA) is 75.7 Å². The van der Waals surface area contributed by atoms with Gasteiger partial charge in [-0.3, -0.25) is 9.59 Å². The number of piperidine rings is 1. The molecule has 2 fully saturated rings. The Labute approximate surface area is 246 Å². The number of hydrogen-bond donors (Lipinski definition) is 1. The predicted molar refractivity (Wildman–Crippen MR) is 156 cm³/mol. The summed E-state index contributed by atoms with van der Waals surface area (Å²) in [4.78, 5) is 38.4. The molecular formula is C34H29F3N2O4. The molecule has 0 aromatic heterocycles. The summed E-state index contributed by atoms with van der Waals surface area (Å²) in [6.45, 7) is -0.403. The number of fused-ring (bicyclic) bond motifs is 3. The maximum absolute atomic E-state index is 13.1. The number of benzene rings is 4. The molecular weight excluding hydrogens is 557 g/mol. The number of nitrogens with one attached hydrogen (secondary N) is 1. The number of nitrogens with zero attached hydrogens (tertiary/aromatic N) is 1. The third kappa shape index (κ3) is 5.59. The number of rotatable bonds is 6. The lowest BCUT2D eigenvalue weighted by atomic mass is 9.88. The first-order valence-electron chi connectivity index (χ1n) is 14.0. The van der Waals surface area contributed by atoms with E-state index >= 15 is 0 Å². The van der Waals surface area contributed by atoms with E-state index in [1.807, 2.05) is 30.3 Å². The van der Waals surface area contributed by atoms with Gasteiger partial charge in [0.1, 0.15) is 0 Å². The molecule has 1 saturated heterocycles. The van der Waals surface area contributed by atoms with Crippen LogP contribution < -0.4 is 5.32 Å². The third-order valence-corrected chi connectivity index (χ3v) is 8.47. The predicted octanol–water partition coefficient (Wildman–Crippen LogP) is 6.43. The van der Waals surface area contributed by atoms with Crippen molar-refractivity contribution in [2.75, 3.05) is 20.7 Å². The number of ether oxygens (including phenoxy) is 1. The van der Waals surface area contributed by atoms with Crippen molar-refractivity contribution in [2.24, 2.45) is 5.92 Å². The van der Waals surface area contributed by atoms with Gasteiger partial charge in [0.15, 0.2) is 6.61 Å². The largest absolute Gasteiger partial charge is 0.452 e. The molecule has 2 bridgehead atoms. The van der Waals surface area contributed by atoms with E-state index in [1.54, 1.807) is 26.2 Å². The van der Waals surface area contributed by atoms with Crippen LogP contribution in [0.4, 0.5) is 13.2 Å². The molecule has 0 radical (unpaired) electrons. The van der Waals surface area contributed by atoms with Crippen molar-refractivity contribution in [1.82, 2.24) is 10.2 Å². The fourth-order valence-electron chi connectivity index (χ4n) is 6.09. The van der Waals surface area contributed by atoms with E-state index in [-0.39, 0.29) is 35.3 Å². The molecule has 1 aliphatic heterocycles. The van der Waals surface area contributed by atoms with Crippen LogP contribution >= 0.6 is 0 Å². The molecule has 4 aromatic carbocycles. The Morgan fingerprint density at radius 2 is 1.56 bits per heavy atom. The summed E-state index contributed by atoms with van der Waals surface area (Å²) < 4.78 is 44.6. The lowest BCUT2D eigenvalue weighted by Gasteiger charge is -2.23. The molecule has 4 aromatic rings. The van der Waals surface area contributed by atoms with Gasteiger partial charge in [-0.15, -0.1) is 0 Å². The van der Waals surface area contributed by atoms with E-state index in [4.69, 9.17) is 4.74 Å².